The quantitative estimate of drug-likeness (QED) is 0.573. The second-order valence-electron chi connectivity index (χ2n) is 7.40. The molecule has 1 N–H and O–H groups in total. The number of anilines is 2. The lowest BCUT2D eigenvalue weighted by Gasteiger charge is -2.30. The van der Waals surface area contributed by atoms with E-state index in [1.54, 1.807) is 12.1 Å². The van der Waals surface area contributed by atoms with E-state index in [9.17, 15) is 13.2 Å². The van der Waals surface area contributed by atoms with Gasteiger partial charge in [0, 0.05) is 18.5 Å². The van der Waals surface area contributed by atoms with Crippen LogP contribution in [0.1, 0.15) is 47.1 Å². The number of para-hydroxylation sites is 1. The van der Waals surface area contributed by atoms with Crippen LogP contribution in [0.25, 0.3) is 0 Å². The molecule has 0 spiro atoms. The van der Waals surface area contributed by atoms with Crippen LogP contribution in [0, 0.1) is 0 Å². The molecule has 1 amide bonds. The Hall–Kier alpha value is -2.78. The number of hydrogen-bond acceptors (Lipinski definition) is 6. The molecule has 0 saturated heterocycles. The molecular formula is C22H24N4O3S2. The van der Waals surface area contributed by atoms with Crippen LogP contribution in [0.4, 0.5) is 10.8 Å². The number of aromatic nitrogens is 2. The summed E-state index contributed by atoms with van der Waals surface area (Å²) in [4.78, 5) is 12.8. The molecule has 1 aromatic heterocycles. The van der Waals surface area contributed by atoms with E-state index < -0.39 is 15.9 Å². The molecule has 162 valence electrons. The van der Waals surface area contributed by atoms with Gasteiger partial charge in [-0.1, -0.05) is 48.9 Å². The average molecular weight is 457 g/mol. The number of benzene rings is 2. The predicted octanol–water partition coefficient (Wildman–Crippen LogP) is 4.27. The van der Waals surface area contributed by atoms with Gasteiger partial charge in [0.1, 0.15) is 5.01 Å². The SMILES string of the molecule is CCCCc1nnc(NC(=O)c2cccc(S(=O)(=O)N3CCCc4ccccc43)c2)s1. The van der Waals surface area contributed by atoms with Gasteiger partial charge in [0.15, 0.2) is 0 Å². The van der Waals surface area contributed by atoms with Crippen molar-refractivity contribution < 1.29 is 13.2 Å². The van der Waals surface area contributed by atoms with Crippen molar-refractivity contribution in [2.45, 2.75) is 43.9 Å². The van der Waals surface area contributed by atoms with Gasteiger partial charge in [0.05, 0.1) is 10.6 Å². The van der Waals surface area contributed by atoms with E-state index in [1.165, 1.54) is 27.8 Å². The van der Waals surface area contributed by atoms with Crippen LogP contribution in [0.2, 0.25) is 0 Å². The zero-order chi connectivity index (χ0) is 21.8. The summed E-state index contributed by atoms with van der Waals surface area (Å²) < 4.78 is 28.2. The molecule has 1 aliphatic heterocycles. The minimum absolute atomic E-state index is 0.0951. The summed E-state index contributed by atoms with van der Waals surface area (Å²) >= 11 is 1.34. The smallest absolute Gasteiger partial charge is 0.264 e. The van der Waals surface area contributed by atoms with Crippen LogP contribution in [-0.4, -0.2) is 31.1 Å². The van der Waals surface area contributed by atoms with Crippen molar-refractivity contribution in [2.75, 3.05) is 16.2 Å². The summed E-state index contributed by atoms with van der Waals surface area (Å²) in [5.41, 5.74) is 1.98. The van der Waals surface area contributed by atoms with Gasteiger partial charge in [-0.05, 0) is 49.1 Å². The monoisotopic (exact) mass is 456 g/mol. The van der Waals surface area contributed by atoms with E-state index in [0.29, 0.717) is 17.4 Å². The first kappa shape index (κ1) is 21.5. The largest absolute Gasteiger partial charge is 0.296 e. The third-order valence-corrected chi connectivity index (χ3v) is 7.89. The Kier molecular flexibility index (Phi) is 6.33. The normalized spacial score (nSPS) is 13.6. The highest BCUT2D eigenvalue weighted by Gasteiger charge is 2.29. The van der Waals surface area contributed by atoms with E-state index >= 15 is 0 Å². The van der Waals surface area contributed by atoms with Gasteiger partial charge in [0.25, 0.3) is 15.9 Å². The number of carbonyl (C=O) groups excluding carboxylic acids is 1. The van der Waals surface area contributed by atoms with Crippen molar-refractivity contribution in [1.29, 1.82) is 0 Å². The molecule has 1 aliphatic rings. The van der Waals surface area contributed by atoms with Gasteiger partial charge in [-0.3, -0.25) is 14.4 Å². The van der Waals surface area contributed by atoms with E-state index in [2.05, 4.69) is 22.4 Å². The fraction of sp³-hybridized carbons (Fsp3) is 0.318. The first-order valence-electron chi connectivity index (χ1n) is 10.3. The molecule has 0 atom stereocenters. The highest BCUT2D eigenvalue weighted by Crippen LogP contribution is 2.32. The fourth-order valence-corrected chi connectivity index (χ4v) is 5.94. The maximum Gasteiger partial charge on any atom is 0.264 e. The summed E-state index contributed by atoms with van der Waals surface area (Å²) in [6, 6.07) is 13.7. The number of unbranched alkanes of at least 4 members (excludes halogenated alkanes) is 1. The summed E-state index contributed by atoms with van der Waals surface area (Å²) in [7, 11) is -3.78. The molecule has 31 heavy (non-hydrogen) atoms. The number of rotatable bonds is 7. The van der Waals surface area contributed by atoms with Gasteiger partial charge in [-0.25, -0.2) is 8.42 Å². The van der Waals surface area contributed by atoms with E-state index in [1.807, 2.05) is 24.3 Å². The first-order valence-corrected chi connectivity index (χ1v) is 12.6. The number of sulfonamides is 1. The molecule has 9 heteroatoms. The summed E-state index contributed by atoms with van der Waals surface area (Å²) in [6.45, 7) is 2.52. The second kappa shape index (κ2) is 9.15. The highest BCUT2D eigenvalue weighted by molar-refractivity contribution is 7.92. The Balaban J connectivity index is 1.55. The van der Waals surface area contributed by atoms with Crippen molar-refractivity contribution in [2.24, 2.45) is 0 Å². The van der Waals surface area contributed by atoms with Gasteiger partial charge >= 0.3 is 0 Å². The number of aryl methyl sites for hydroxylation is 2. The minimum Gasteiger partial charge on any atom is -0.296 e. The molecule has 4 rings (SSSR count). The Morgan fingerprint density at radius 3 is 2.84 bits per heavy atom. The summed E-state index contributed by atoms with van der Waals surface area (Å²) in [5, 5.41) is 12.1. The van der Waals surface area contributed by atoms with Crippen molar-refractivity contribution in [1.82, 2.24) is 10.2 Å². The van der Waals surface area contributed by atoms with E-state index in [0.717, 1.165) is 42.7 Å². The lowest BCUT2D eigenvalue weighted by molar-refractivity contribution is 0.102. The van der Waals surface area contributed by atoms with Gasteiger partial charge < -0.3 is 0 Å². The van der Waals surface area contributed by atoms with Crippen LogP contribution in [0.15, 0.2) is 53.4 Å². The van der Waals surface area contributed by atoms with Gasteiger partial charge in [-0.2, -0.15) is 0 Å². The van der Waals surface area contributed by atoms with Crippen LogP contribution in [0.3, 0.4) is 0 Å². The van der Waals surface area contributed by atoms with Gasteiger partial charge in [-0.15, -0.1) is 10.2 Å². The molecule has 0 aliphatic carbocycles. The summed E-state index contributed by atoms with van der Waals surface area (Å²) in [6.07, 6.45) is 4.52. The molecular weight excluding hydrogens is 432 g/mol. The number of fused-ring (bicyclic) bond motifs is 1. The lowest BCUT2D eigenvalue weighted by Crippen LogP contribution is -2.35. The molecule has 7 nitrogen and oxygen atoms in total. The Labute approximate surface area is 186 Å². The number of carbonyl (C=O) groups is 1. The molecule has 0 radical (unpaired) electrons. The fourth-order valence-electron chi connectivity index (χ4n) is 3.58. The van der Waals surface area contributed by atoms with Crippen LogP contribution in [-0.2, 0) is 22.9 Å². The number of hydrogen-bond donors (Lipinski definition) is 1. The maximum absolute atomic E-state index is 13.4. The predicted molar refractivity (Wildman–Crippen MR) is 122 cm³/mol. The van der Waals surface area contributed by atoms with Crippen molar-refractivity contribution in [3.05, 3.63) is 64.7 Å². The van der Waals surface area contributed by atoms with E-state index in [-0.39, 0.29) is 10.5 Å². The molecule has 0 fully saturated rings. The lowest BCUT2D eigenvalue weighted by atomic mass is 10.0. The standard InChI is InChI=1S/C22H24N4O3S2/c1-2-3-13-20-24-25-22(30-20)23-21(27)17-9-6-11-18(15-17)31(28,29)26-14-7-10-16-8-4-5-12-19(16)26/h4-6,8-9,11-12,15H,2-3,7,10,13-14H2,1H3,(H,23,25,27). The number of nitrogens with one attached hydrogen (secondary N) is 1. The third-order valence-electron chi connectivity index (χ3n) is 5.18. The Morgan fingerprint density at radius 1 is 1.16 bits per heavy atom. The number of nitrogens with zero attached hydrogens (tertiary/aromatic N) is 3. The Bertz CT molecular complexity index is 1190. The first-order chi connectivity index (χ1) is 15.0. The van der Waals surface area contributed by atoms with Crippen molar-refractivity contribution in [3.63, 3.8) is 0 Å². The molecule has 0 bridgehead atoms. The molecule has 0 saturated carbocycles. The zero-order valence-corrected chi connectivity index (χ0v) is 18.9. The van der Waals surface area contributed by atoms with Crippen LogP contribution in [0.5, 0.6) is 0 Å². The minimum atomic E-state index is -3.78. The molecule has 3 aromatic rings. The second-order valence-corrected chi connectivity index (χ2v) is 10.3. The molecule has 2 heterocycles. The third kappa shape index (κ3) is 4.62. The highest BCUT2D eigenvalue weighted by atomic mass is 32.2. The molecule has 0 unspecified atom stereocenters. The topological polar surface area (TPSA) is 92.3 Å². The van der Waals surface area contributed by atoms with Crippen LogP contribution < -0.4 is 9.62 Å². The molecule has 2 aromatic carbocycles. The van der Waals surface area contributed by atoms with E-state index in [4.69, 9.17) is 0 Å². The number of amides is 1. The summed E-state index contributed by atoms with van der Waals surface area (Å²) in [5.74, 6) is -0.408. The zero-order valence-electron chi connectivity index (χ0n) is 17.2. The van der Waals surface area contributed by atoms with Crippen molar-refractivity contribution in [3.8, 4) is 0 Å². The van der Waals surface area contributed by atoms with Crippen molar-refractivity contribution >= 4 is 38.1 Å². The maximum atomic E-state index is 13.4. The average Bonchev–Trinajstić information content (AvgIpc) is 3.24. The Morgan fingerprint density at radius 2 is 2.00 bits per heavy atom. The van der Waals surface area contributed by atoms with Crippen LogP contribution >= 0.6 is 11.3 Å². The van der Waals surface area contributed by atoms with Gasteiger partial charge in [0.2, 0.25) is 5.13 Å².